The molecule has 0 fully saturated rings. The van der Waals surface area contributed by atoms with E-state index >= 15 is 0 Å². The Bertz CT molecular complexity index is 1530. The standard InChI is InChI=1S/C31H34N4O7/c1-21-17-29(38)35(2)31(33-21)42-25-12-10-24(11-13-25)41-20-23(36)9-6-16-40-26-14-15-28(37)27(18-26)30(39)34-32-19-22-7-4-3-5-8-22/h3-5,7-8,10-15,17-18,23,32,36-37H,6,9,16,19-20H2,1-2H3,(H,34,39). The number of aliphatic hydroxyl groups is 1. The van der Waals surface area contributed by atoms with Gasteiger partial charge in [-0.1, -0.05) is 30.3 Å². The Kier molecular flexibility index (Phi) is 10.5. The van der Waals surface area contributed by atoms with Crippen molar-refractivity contribution in [3.8, 4) is 29.0 Å². The van der Waals surface area contributed by atoms with Crippen LogP contribution >= 0.6 is 0 Å². The molecular weight excluding hydrogens is 540 g/mol. The van der Waals surface area contributed by atoms with Crippen LogP contribution < -0.4 is 30.6 Å². The van der Waals surface area contributed by atoms with Gasteiger partial charge in [0, 0.05) is 25.4 Å². The molecular formula is C31H34N4O7. The van der Waals surface area contributed by atoms with E-state index in [0.29, 0.717) is 48.9 Å². The fraction of sp³-hybridized carbons (Fsp3) is 0.258. The van der Waals surface area contributed by atoms with E-state index in [4.69, 9.17) is 14.2 Å². The van der Waals surface area contributed by atoms with Crippen molar-refractivity contribution in [3.05, 3.63) is 106 Å². The highest BCUT2D eigenvalue weighted by Gasteiger charge is 2.13. The highest BCUT2D eigenvalue weighted by molar-refractivity contribution is 5.96. The fourth-order valence-electron chi connectivity index (χ4n) is 3.89. The molecule has 11 heteroatoms. The van der Waals surface area contributed by atoms with E-state index in [0.717, 1.165) is 5.56 Å². The number of ether oxygens (including phenoxy) is 3. The largest absolute Gasteiger partial charge is 0.507 e. The molecule has 0 bridgehead atoms. The summed E-state index contributed by atoms with van der Waals surface area (Å²) in [5.41, 5.74) is 6.85. The van der Waals surface area contributed by atoms with Gasteiger partial charge in [-0.25, -0.2) is 10.4 Å². The molecule has 4 aromatic rings. The number of hydrazine groups is 1. The Hall–Kier alpha value is -4.87. The maximum Gasteiger partial charge on any atom is 0.304 e. The molecule has 4 rings (SSSR count). The van der Waals surface area contributed by atoms with E-state index in [1.807, 2.05) is 30.3 Å². The van der Waals surface area contributed by atoms with Gasteiger partial charge in [-0.05, 0) is 67.8 Å². The van der Waals surface area contributed by atoms with E-state index in [2.05, 4.69) is 15.8 Å². The van der Waals surface area contributed by atoms with Gasteiger partial charge < -0.3 is 24.4 Å². The molecule has 1 amide bonds. The molecule has 4 N–H and O–H groups in total. The van der Waals surface area contributed by atoms with Crippen LogP contribution in [-0.4, -0.2) is 45.0 Å². The number of phenolic OH excluding ortho intramolecular Hbond substituents is 1. The van der Waals surface area contributed by atoms with Crippen molar-refractivity contribution in [1.82, 2.24) is 20.4 Å². The van der Waals surface area contributed by atoms with E-state index in [-0.39, 0.29) is 29.5 Å². The first-order chi connectivity index (χ1) is 20.3. The van der Waals surface area contributed by atoms with E-state index in [9.17, 15) is 19.8 Å². The number of aliphatic hydroxyl groups excluding tert-OH is 1. The third kappa shape index (κ3) is 8.82. The Labute approximate surface area is 243 Å². The average Bonchev–Trinajstić information content (AvgIpc) is 2.98. The summed E-state index contributed by atoms with van der Waals surface area (Å²) < 4.78 is 18.4. The average molecular weight is 575 g/mol. The van der Waals surface area contributed by atoms with Crippen molar-refractivity contribution in [2.75, 3.05) is 13.2 Å². The summed E-state index contributed by atoms with van der Waals surface area (Å²) in [4.78, 5) is 28.6. The van der Waals surface area contributed by atoms with E-state index in [1.165, 1.54) is 22.8 Å². The zero-order valence-corrected chi connectivity index (χ0v) is 23.4. The van der Waals surface area contributed by atoms with Crippen molar-refractivity contribution in [2.24, 2.45) is 7.05 Å². The molecule has 0 aliphatic heterocycles. The number of carbonyl (C=O) groups is 1. The molecule has 0 aliphatic carbocycles. The summed E-state index contributed by atoms with van der Waals surface area (Å²) in [5, 5.41) is 20.4. The highest BCUT2D eigenvalue weighted by atomic mass is 16.5. The summed E-state index contributed by atoms with van der Waals surface area (Å²) in [6.07, 6.45) is 0.260. The monoisotopic (exact) mass is 574 g/mol. The molecule has 1 unspecified atom stereocenters. The van der Waals surface area contributed by atoms with Crippen LogP contribution in [0, 0.1) is 6.92 Å². The molecule has 42 heavy (non-hydrogen) atoms. The minimum absolute atomic E-state index is 0.0807. The number of benzene rings is 3. The predicted molar refractivity (Wildman–Crippen MR) is 156 cm³/mol. The molecule has 220 valence electrons. The summed E-state index contributed by atoms with van der Waals surface area (Å²) in [6, 6.07) is 22.4. The number of aromatic nitrogens is 2. The smallest absolute Gasteiger partial charge is 0.304 e. The van der Waals surface area contributed by atoms with Crippen molar-refractivity contribution in [3.63, 3.8) is 0 Å². The van der Waals surface area contributed by atoms with Gasteiger partial charge in [0.1, 0.15) is 29.6 Å². The molecule has 1 aromatic heterocycles. The number of aryl methyl sites for hydroxylation is 1. The number of phenols is 1. The van der Waals surface area contributed by atoms with Crippen molar-refractivity contribution in [1.29, 1.82) is 0 Å². The van der Waals surface area contributed by atoms with Gasteiger partial charge >= 0.3 is 6.01 Å². The minimum atomic E-state index is -0.715. The van der Waals surface area contributed by atoms with Crippen LogP contribution in [-0.2, 0) is 13.6 Å². The first-order valence-corrected chi connectivity index (χ1v) is 13.4. The van der Waals surface area contributed by atoms with Crippen LogP contribution in [0.5, 0.6) is 29.0 Å². The van der Waals surface area contributed by atoms with Crippen molar-refractivity contribution in [2.45, 2.75) is 32.4 Å². The third-order valence-corrected chi connectivity index (χ3v) is 6.20. The molecule has 0 radical (unpaired) electrons. The molecule has 0 saturated carbocycles. The maximum absolute atomic E-state index is 12.5. The Balaban J connectivity index is 1.16. The number of hydrogen-bond donors (Lipinski definition) is 4. The zero-order valence-electron chi connectivity index (χ0n) is 23.4. The lowest BCUT2D eigenvalue weighted by molar-refractivity contribution is 0.0928. The topological polar surface area (TPSA) is 144 Å². The Morgan fingerprint density at radius 1 is 0.976 bits per heavy atom. The van der Waals surface area contributed by atoms with Crippen LogP contribution in [0.2, 0.25) is 0 Å². The van der Waals surface area contributed by atoms with Gasteiger partial charge in [0.2, 0.25) is 0 Å². The minimum Gasteiger partial charge on any atom is -0.507 e. The summed E-state index contributed by atoms with van der Waals surface area (Å²) in [6.45, 7) is 2.55. The van der Waals surface area contributed by atoms with E-state index in [1.54, 1.807) is 44.3 Å². The highest BCUT2D eigenvalue weighted by Crippen LogP contribution is 2.24. The van der Waals surface area contributed by atoms with Gasteiger partial charge in [0.25, 0.3) is 11.5 Å². The van der Waals surface area contributed by atoms with Gasteiger partial charge in [0.05, 0.1) is 18.3 Å². The maximum atomic E-state index is 12.5. The third-order valence-electron chi connectivity index (χ3n) is 6.20. The molecule has 0 spiro atoms. The lowest BCUT2D eigenvalue weighted by atomic mass is 10.1. The second kappa shape index (κ2) is 14.7. The normalized spacial score (nSPS) is 11.5. The van der Waals surface area contributed by atoms with Crippen molar-refractivity contribution < 1.29 is 29.2 Å². The first kappa shape index (κ1) is 30.1. The van der Waals surface area contributed by atoms with Gasteiger partial charge in [-0.15, -0.1) is 0 Å². The number of nitrogens with zero attached hydrogens (tertiary/aromatic N) is 2. The summed E-state index contributed by atoms with van der Waals surface area (Å²) in [5.74, 6) is 0.822. The van der Waals surface area contributed by atoms with Gasteiger partial charge in [-0.3, -0.25) is 19.6 Å². The zero-order chi connectivity index (χ0) is 29.9. The van der Waals surface area contributed by atoms with Crippen LogP contribution in [0.4, 0.5) is 0 Å². The van der Waals surface area contributed by atoms with Crippen molar-refractivity contribution >= 4 is 5.91 Å². The van der Waals surface area contributed by atoms with Crippen LogP contribution in [0.1, 0.15) is 34.5 Å². The molecule has 0 saturated heterocycles. The number of carbonyl (C=O) groups excluding carboxylic acids is 1. The SMILES string of the molecule is Cc1cc(=O)n(C)c(Oc2ccc(OCC(O)CCCOc3ccc(O)c(C(=O)NNCc4ccccc4)c3)cc2)n1. The number of amides is 1. The lowest BCUT2D eigenvalue weighted by Gasteiger charge is -2.14. The van der Waals surface area contributed by atoms with Crippen LogP contribution in [0.3, 0.4) is 0 Å². The Morgan fingerprint density at radius 2 is 1.69 bits per heavy atom. The summed E-state index contributed by atoms with van der Waals surface area (Å²) in [7, 11) is 1.58. The number of hydrogen-bond acceptors (Lipinski definition) is 9. The molecule has 3 aromatic carbocycles. The Morgan fingerprint density at radius 3 is 2.45 bits per heavy atom. The summed E-state index contributed by atoms with van der Waals surface area (Å²) >= 11 is 0. The predicted octanol–water partition coefficient (Wildman–Crippen LogP) is 3.62. The molecule has 1 heterocycles. The lowest BCUT2D eigenvalue weighted by Crippen LogP contribution is -2.36. The quantitative estimate of drug-likeness (QED) is 0.131. The molecule has 0 aliphatic rings. The van der Waals surface area contributed by atoms with Gasteiger partial charge in [-0.2, -0.15) is 0 Å². The second-order valence-electron chi connectivity index (χ2n) is 9.58. The van der Waals surface area contributed by atoms with Crippen LogP contribution in [0.25, 0.3) is 0 Å². The number of rotatable bonds is 14. The molecule has 11 nitrogen and oxygen atoms in total. The van der Waals surface area contributed by atoms with Crippen LogP contribution in [0.15, 0.2) is 83.7 Å². The first-order valence-electron chi connectivity index (χ1n) is 13.4. The number of nitrogens with one attached hydrogen (secondary N) is 2. The second-order valence-corrected chi connectivity index (χ2v) is 9.58. The van der Waals surface area contributed by atoms with E-state index < -0.39 is 12.0 Å². The molecule has 1 atom stereocenters. The van der Waals surface area contributed by atoms with Gasteiger partial charge in [0.15, 0.2) is 0 Å². The number of aromatic hydroxyl groups is 1. The fourth-order valence-corrected chi connectivity index (χ4v) is 3.89.